The fraction of sp³-hybridized carbons (Fsp3) is 0.371. The number of nitrogens with zero attached hydrogens (tertiary/aromatic N) is 4. The van der Waals surface area contributed by atoms with Crippen LogP contribution in [0.25, 0.3) is 0 Å². The third kappa shape index (κ3) is 8.27. The van der Waals surface area contributed by atoms with Crippen molar-refractivity contribution in [1.82, 2.24) is 19.6 Å². The maximum Gasteiger partial charge on any atom is 0.272 e. The van der Waals surface area contributed by atoms with E-state index in [4.69, 9.17) is 33.0 Å². The van der Waals surface area contributed by atoms with E-state index in [1.807, 2.05) is 82.4 Å². The first-order valence-corrected chi connectivity index (χ1v) is 15.7. The summed E-state index contributed by atoms with van der Waals surface area (Å²) in [4.78, 5) is 18.1. The number of hydrogen-bond acceptors (Lipinski definition) is 4. The normalized spacial score (nSPS) is 14.4. The molecular formula is C35H40Cl2N4O2. The average molecular weight is 620 g/mol. The standard InChI is InChI=1S/C35H40Cl2N4O2/c1-35(2,3)32-24-31(41(38-32)25-26-8-5-4-6-9-26)34(42)40-21-19-39(20-22-40)18-7-23-43-33(27-10-14-29(36)15-11-27)28-12-16-30(37)17-13-28/h4-6,8-17,24,33H,7,18-23,25H2,1-3H3. The van der Waals surface area contributed by atoms with Crippen molar-refractivity contribution in [3.63, 3.8) is 0 Å². The maximum atomic E-state index is 13.7. The van der Waals surface area contributed by atoms with Gasteiger partial charge in [-0.3, -0.25) is 14.4 Å². The van der Waals surface area contributed by atoms with Gasteiger partial charge in [-0.05, 0) is 53.4 Å². The summed E-state index contributed by atoms with van der Waals surface area (Å²) in [6, 6.07) is 27.8. The number of halogens is 2. The van der Waals surface area contributed by atoms with Crippen molar-refractivity contribution in [3.8, 4) is 0 Å². The third-order valence-electron chi connectivity index (χ3n) is 7.85. The van der Waals surface area contributed by atoms with Crippen LogP contribution in [0.2, 0.25) is 10.0 Å². The molecule has 4 aromatic rings. The molecule has 226 valence electrons. The lowest BCUT2D eigenvalue weighted by atomic mass is 9.92. The molecule has 6 nitrogen and oxygen atoms in total. The number of amides is 1. The Balaban J connectivity index is 1.15. The molecule has 0 bridgehead atoms. The summed E-state index contributed by atoms with van der Waals surface area (Å²) in [6.45, 7) is 11.6. The number of carbonyl (C=O) groups excluding carboxylic acids is 1. The highest BCUT2D eigenvalue weighted by Gasteiger charge is 2.28. The maximum absolute atomic E-state index is 13.7. The summed E-state index contributed by atoms with van der Waals surface area (Å²) in [6.07, 6.45) is 0.701. The van der Waals surface area contributed by atoms with Gasteiger partial charge in [0.2, 0.25) is 0 Å². The molecule has 0 atom stereocenters. The molecule has 1 aromatic heterocycles. The molecule has 8 heteroatoms. The fourth-order valence-corrected chi connectivity index (χ4v) is 5.57. The Kier molecular flexibility index (Phi) is 10.2. The highest BCUT2D eigenvalue weighted by molar-refractivity contribution is 6.30. The van der Waals surface area contributed by atoms with Crippen LogP contribution in [0.3, 0.4) is 0 Å². The fourth-order valence-electron chi connectivity index (χ4n) is 5.32. The van der Waals surface area contributed by atoms with E-state index in [-0.39, 0.29) is 17.4 Å². The Morgan fingerprint density at radius 3 is 2.00 bits per heavy atom. The monoisotopic (exact) mass is 618 g/mol. The summed E-state index contributed by atoms with van der Waals surface area (Å²) in [7, 11) is 0. The average Bonchev–Trinajstić information content (AvgIpc) is 3.43. The lowest BCUT2D eigenvalue weighted by molar-refractivity contribution is 0.0542. The largest absolute Gasteiger partial charge is 0.369 e. The second kappa shape index (κ2) is 14.1. The first-order chi connectivity index (χ1) is 20.7. The first-order valence-electron chi connectivity index (χ1n) is 14.9. The zero-order valence-corrected chi connectivity index (χ0v) is 26.7. The van der Waals surface area contributed by atoms with Crippen molar-refractivity contribution in [2.75, 3.05) is 39.3 Å². The minimum Gasteiger partial charge on any atom is -0.369 e. The zero-order valence-electron chi connectivity index (χ0n) is 25.2. The van der Waals surface area contributed by atoms with Crippen LogP contribution in [0.4, 0.5) is 0 Å². The molecule has 43 heavy (non-hydrogen) atoms. The topological polar surface area (TPSA) is 50.6 Å². The second-order valence-electron chi connectivity index (χ2n) is 12.1. The molecule has 0 aliphatic carbocycles. The van der Waals surface area contributed by atoms with E-state index in [0.29, 0.717) is 42.0 Å². The minimum atomic E-state index is -0.192. The lowest BCUT2D eigenvalue weighted by Gasteiger charge is -2.34. The van der Waals surface area contributed by atoms with Gasteiger partial charge in [-0.15, -0.1) is 0 Å². The van der Waals surface area contributed by atoms with Gasteiger partial charge in [-0.25, -0.2) is 0 Å². The summed E-state index contributed by atoms with van der Waals surface area (Å²) in [5.41, 5.74) is 4.69. The third-order valence-corrected chi connectivity index (χ3v) is 8.35. The Hall–Kier alpha value is -3.16. The van der Waals surface area contributed by atoms with Crippen molar-refractivity contribution in [2.24, 2.45) is 0 Å². The number of ether oxygens (including phenoxy) is 1. The van der Waals surface area contributed by atoms with Crippen LogP contribution in [0.15, 0.2) is 84.9 Å². The molecule has 0 saturated carbocycles. The molecular weight excluding hydrogens is 579 g/mol. The van der Waals surface area contributed by atoms with Gasteiger partial charge in [0.15, 0.2) is 0 Å². The van der Waals surface area contributed by atoms with Crippen LogP contribution >= 0.6 is 23.2 Å². The smallest absolute Gasteiger partial charge is 0.272 e. The summed E-state index contributed by atoms with van der Waals surface area (Å²) < 4.78 is 8.28. The first kappa shape index (κ1) is 31.3. The van der Waals surface area contributed by atoms with Gasteiger partial charge in [0.05, 0.1) is 12.2 Å². The predicted octanol–water partition coefficient (Wildman–Crippen LogP) is 7.49. The van der Waals surface area contributed by atoms with Gasteiger partial charge in [-0.2, -0.15) is 5.10 Å². The lowest BCUT2D eigenvalue weighted by Crippen LogP contribution is -2.49. The van der Waals surface area contributed by atoms with Crippen molar-refractivity contribution in [2.45, 2.75) is 45.3 Å². The molecule has 0 spiro atoms. The number of rotatable bonds is 10. The molecule has 2 heterocycles. The van der Waals surface area contributed by atoms with Gasteiger partial charge in [0.25, 0.3) is 5.91 Å². The number of piperazine rings is 1. The Labute approximate surface area is 265 Å². The van der Waals surface area contributed by atoms with E-state index in [1.54, 1.807) is 0 Å². The van der Waals surface area contributed by atoms with Gasteiger partial charge in [0, 0.05) is 54.8 Å². The molecule has 1 aliphatic heterocycles. The molecule has 0 unspecified atom stereocenters. The van der Waals surface area contributed by atoms with Crippen LogP contribution in [-0.2, 0) is 16.7 Å². The number of benzene rings is 3. The van der Waals surface area contributed by atoms with Crippen molar-refractivity contribution in [3.05, 3.63) is 123 Å². The molecule has 1 aliphatic rings. The SMILES string of the molecule is CC(C)(C)c1cc(C(=O)N2CCN(CCCOC(c3ccc(Cl)cc3)c3ccc(Cl)cc3)CC2)n(Cc2ccccc2)n1. The summed E-state index contributed by atoms with van der Waals surface area (Å²) in [5, 5.41) is 6.26. The van der Waals surface area contributed by atoms with Crippen LogP contribution in [0, 0.1) is 0 Å². The van der Waals surface area contributed by atoms with E-state index in [1.165, 1.54) is 0 Å². The number of carbonyl (C=O) groups is 1. The number of hydrogen-bond donors (Lipinski definition) is 0. The molecule has 5 rings (SSSR count). The highest BCUT2D eigenvalue weighted by atomic mass is 35.5. The van der Waals surface area contributed by atoms with Crippen molar-refractivity contribution >= 4 is 29.1 Å². The molecule has 3 aromatic carbocycles. The van der Waals surface area contributed by atoms with E-state index in [0.717, 1.165) is 48.4 Å². The molecule has 0 radical (unpaired) electrons. The molecule has 1 saturated heterocycles. The van der Waals surface area contributed by atoms with Crippen LogP contribution in [0.1, 0.15) is 66.2 Å². The quantitative estimate of drug-likeness (QED) is 0.173. The van der Waals surface area contributed by atoms with Crippen molar-refractivity contribution < 1.29 is 9.53 Å². The second-order valence-corrected chi connectivity index (χ2v) is 13.0. The summed E-state index contributed by atoms with van der Waals surface area (Å²) >= 11 is 12.3. The van der Waals surface area contributed by atoms with E-state index in [9.17, 15) is 4.79 Å². The molecule has 1 amide bonds. The Morgan fingerprint density at radius 2 is 1.44 bits per heavy atom. The minimum absolute atomic E-state index is 0.0516. The highest BCUT2D eigenvalue weighted by Crippen LogP contribution is 2.29. The van der Waals surface area contributed by atoms with Crippen molar-refractivity contribution in [1.29, 1.82) is 0 Å². The van der Waals surface area contributed by atoms with Gasteiger partial charge in [-0.1, -0.05) is 98.6 Å². The van der Waals surface area contributed by atoms with Gasteiger partial charge < -0.3 is 9.64 Å². The van der Waals surface area contributed by atoms with Gasteiger partial charge in [0.1, 0.15) is 11.8 Å². The molecule has 1 fully saturated rings. The zero-order chi connectivity index (χ0) is 30.4. The van der Waals surface area contributed by atoms with Crippen LogP contribution < -0.4 is 0 Å². The molecule has 0 N–H and O–H groups in total. The van der Waals surface area contributed by atoms with E-state index >= 15 is 0 Å². The van der Waals surface area contributed by atoms with Gasteiger partial charge >= 0.3 is 0 Å². The Morgan fingerprint density at radius 1 is 0.860 bits per heavy atom. The summed E-state index contributed by atoms with van der Waals surface area (Å²) in [5.74, 6) is 0.0516. The van der Waals surface area contributed by atoms with Crippen LogP contribution in [-0.4, -0.2) is 64.8 Å². The van der Waals surface area contributed by atoms with E-state index in [2.05, 4.69) is 37.8 Å². The van der Waals surface area contributed by atoms with Crippen LogP contribution in [0.5, 0.6) is 0 Å². The number of aromatic nitrogens is 2. The predicted molar refractivity (Wildman–Crippen MR) is 174 cm³/mol. The Bertz CT molecular complexity index is 1430. The van der Waals surface area contributed by atoms with E-state index < -0.39 is 0 Å².